The van der Waals surface area contributed by atoms with E-state index in [0.717, 1.165) is 43.5 Å². The molecule has 108 valence electrons. The summed E-state index contributed by atoms with van der Waals surface area (Å²) >= 11 is 0. The van der Waals surface area contributed by atoms with Crippen LogP contribution in [-0.4, -0.2) is 20.3 Å². The molecule has 0 amide bonds. The zero-order valence-corrected chi connectivity index (χ0v) is 12.7. The fraction of sp³-hybridized carbons (Fsp3) is 0.625. The Hall–Kier alpha value is -1.22. The molecule has 0 aromatic heterocycles. The van der Waals surface area contributed by atoms with Gasteiger partial charge in [-0.3, -0.25) is 0 Å². The van der Waals surface area contributed by atoms with Crippen LogP contribution in [0.2, 0.25) is 0 Å². The lowest BCUT2D eigenvalue weighted by Gasteiger charge is -2.14. The van der Waals surface area contributed by atoms with E-state index < -0.39 is 0 Å². The van der Waals surface area contributed by atoms with E-state index in [4.69, 9.17) is 9.47 Å². The van der Waals surface area contributed by atoms with Crippen LogP contribution in [0.5, 0.6) is 11.5 Å². The Morgan fingerprint density at radius 2 is 2.05 bits per heavy atom. The summed E-state index contributed by atoms with van der Waals surface area (Å²) in [5.74, 6) is 2.51. The average Bonchev–Trinajstić information content (AvgIpc) is 2.41. The molecule has 0 saturated heterocycles. The maximum absolute atomic E-state index is 5.91. The van der Waals surface area contributed by atoms with Gasteiger partial charge in [0.25, 0.3) is 0 Å². The maximum atomic E-state index is 5.91. The Morgan fingerprint density at radius 1 is 1.26 bits per heavy atom. The Bertz CT molecular complexity index is 364. The summed E-state index contributed by atoms with van der Waals surface area (Å²) in [4.78, 5) is 0. The summed E-state index contributed by atoms with van der Waals surface area (Å²) in [6.45, 7) is 9.14. The molecule has 1 aromatic carbocycles. The molecule has 0 radical (unpaired) electrons. The molecule has 3 nitrogen and oxygen atoms in total. The largest absolute Gasteiger partial charge is 0.497 e. The van der Waals surface area contributed by atoms with Gasteiger partial charge in [0.1, 0.15) is 11.5 Å². The summed E-state index contributed by atoms with van der Waals surface area (Å²) < 4.78 is 11.2. The second-order valence-corrected chi connectivity index (χ2v) is 5.14. The first-order chi connectivity index (χ1) is 9.17. The molecule has 1 rings (SSSR count). The standard InChI is InChI=1S/C16H27NO2/c1-5-17-12-14-8-9-15(18-4)11-16(14)19-10-6-7-13(2)3/h8-9,11,13,17H,5-7,10,12H2,1-4H3. The van der Waals surface area contributed by atoms with Crippen molar-refractivity contribution in [3.8, 4) is 11.5 Å². The quantitative estimate of drug-likeness (QED) is 0.692. The van der Waals surface area contributed by atoms with Gasteiger partial charge in [0.15, 0.2) is 0 Å². The topological polar surface area (TPSA) is 30.5 Å². The predicted molar refractivity (Wildman–Crippen MR) is 79.9 cm³/mol. The summed E-state index contributed by atoms with van der Waals surface area (Å²) in [5, 5.41) is 3.33. The number of nitrogens with one attached hydrogen (secondary N) is 1. The molecule has 0 aliphatic carbocycles. The molecular formula is C16H27NO2. The lowest BCUT2D eigenvalue weighted by molar-refractivity contribution is 0.292. The molecule has 0 heterocycles. The van der Waals surface area contributed by atoms with E-state index >= 15 is 0 Å². The van der Waals surface area contributed by atoms with E-state index in [1.807, 2.05) is 12.1 Å². The highest BCUT2D eigenvalue weighted by atomic mass is 16.5. The molecule has 0 aliphatic heterocycles. The SMILES string of the molecule is CCNCc1ccc(OC)cc1OCCCC(C)C. The fourth-order valence-electron chi connectivity index (χ4n) is 1.88. The molecular weight excluding hydrogens is 238 g/mol. The highest BCUT2D eigenvalue weighted by Crippen LogP contribution is 2.25. The molecule has 1 aromatic rings. The lowest BCUT2D eigenvalue weighted by atomic mass is 10.1. The van der Waals surface area contributed by atoms with Crippen LogP contribution >= 0.6 is 0 Å². The number of rotatable bonds is 9. The molecule has 1 N–H and O–H groups in total. The Kier molecular flexibility index (Phi) is 7.34. The molecule has 0 spiro atoms. The summed E-state index contributed by atoms with van der Waals surface area (Å²) in [7, 11) is 1.68. The van der Waals surface area contributed by atoms with E-state index in [9.17, 15) is 0 Å². The third kappa shape index (κ3) is 5.97. The molecule has 0 saturated carbocycles. The molecule has 19 heavy (non-hydrogen) atoms. The van der Waals surface area contributed by atoms with Crippen molar-refractivity contribution in [3.05, 3.63) is 23.8 Å². The fourth-order valence-corrected chi connectivity index (χ4v) is 1.88. The Labute approximate surface area is 117 Å². The number of ether oxygens (including phenoxy) is 2. The minimum Gasteiger partial charge on any atom is -0.497 e. The van der Waals surface area contributed by atoms with E-state index in [0.29, 0.717) is 0 Å². The van der Waals surface area contributed by atoms with E-state index in [1.54, 1.807) is 7.11 Å². The summed E-state index contributed by atoms with van der Waals surface area (Å²) in [5.41, 5.74) is 1.19. The average molecular weight is 265 g/mol. The zero-order chi connectivity index (χ0) is 14.1. The monoisotopic (exact) mass is 265 g/mol. The second-order valence-electron chi connectivity index (χ2n) is 5.14. The van der Waals surface area contributed by atoms with Crippen molar-refractivity contribution in [2.24, 2.45) is 5.92 Å². The van der Waals surface area contributed by atoms with E-state index in [-0.39, 0.29) is 0 Å². The van der Waals surface area contributed by atoms with Gasteiger partial charge >= 0.3 is 0 Å². The van der Waals surface area contributed by atoms with Crippen LogP contribution in [-0.2, 0) is 6.54 Å². The Morgan fingerprint density at radius 3 is 2.68 bits per heavy atom. The first-order valence-electron chi connectivity index (χ1n) is 7.17. The molecule has 0 fully saturated rings. The van der Waals surface area contributed by atoms with Gasteiger partial charge in [0.05, 0.1) is 13.7 Å². The number of hydrogen-bond donors (Lipinski definition) is 1. The molecule has 3 heteroatoms. The smallest absolute Gasteiger partial charge is 0.127 e. The molecule has 0 bridgehead atoms. The molecule has 0 aliphatic rings. The van der Waals surface area contributed by atoms with Gasteiger partial charge in [0.2, 0.25) is 0 Å². The van der Waals surface area contributed by atoms with E-state index in [2.05, 4.69) is 32.2 Å². The van der Waals surface area contributed by atoms with Crippen LogP contribution < -0.4 is 14.8 Å². The maximum Gasteiger partial charge on any atom is 0.127 e. The molecule has 0 atom stereocenters. The highest BCUT2D eigenvalue weighted by molar-refractivity contribution is 5.40. The lowest BCUT2D eigenvalue weighted by Crippen LogP contribution is -2.13. The summed E-state index contributed by atoms with van der Waals surface area (Å²) in [6.07, 6.45) is 2.29. The third-order valence-corrected chi connectivity index (χ3v) is 3.02. The van der Waals surface area contributed by atoms with Crippen molar-refractivity contribution >= 4 is 0 Å². The van der Waals surface area contributed by atoms with Gasteiger partial charge in [0, 0.05) is 18.2 Å². The van der Waals surface area contributed by atoms with Crippen LogP contribution in [0, 0.1) is 5.92 Å². The van der Waals surface area contributed by atoms with Crippen LogP contribution in [0.1, 0.15) is 39.2 Å². The normalized spacial score (nSPS) is 10.8. The number of benzene rings is 1. The van der Waals surface area contributed by atoms with Gasteiger partial charge in [-0.25, -0.2) is 0 Å². The minimum atomic E-state index is 0.732. The van der Waals surface area contributed by atoms with Crippen molar-refractivity contribution < 1.29 is 9.47 Å². The molecule has 0 unspecified atom stereocenters. The van der Waals surface area contributed by atoms with Crippen molar-refractivity contribution in [2.75, 3.05) is 20.3 Å². The van der Waals surface area contributed by atoms with Crippen LogP contribution in [0.15, 0.2) is 18.2 Å². The van der Waals surface area contributed by atoms with Crippen LogP contribution in [0.25, 0.3) is 0 Å². The first-order valence-corrected chi connectivity index (χ1v) is 7.17. The predicted octanol–water partition coefficient (Wildman–Crippen LogP) is 3.62. The van der Waals surface area contributed by atoms with Gasteiger partial charge < -0.3 is 14.8 Å². The second kappa shape index (κ2) is 8.81. The Balaban J connectivity index is 2.60. The van der Waals surface area contributed by atoms with Gasteiger partial charge in [-0.1, -0.05) is 26.8 Å². The van der Waals surface area contributed by atoms with Crippen molar-refractivity contribution in [1.82, 2.24) is 5.32 Å². The first kappa shape index (κ1) is 15.8. The van der Waals surface area contributed by atoms with Crippen molar-refractivity contribution in [3.63, 3.8) is 0 Å². The van der Waals surface area contributed by atoms with Crippen molar-refractivity contribution in [2.45, 2.75) is 40.2 Å². The summed E-state index contributed by atoms with van der Waals surface area (Å²) in [6, 6.07) is 6.02. The van der Waals surface area contributed by atoms with Gasteiger partial charge in [-0.15, -0.1) is 0 Å². The van der Waals surface area contributed by atoms with Crippen molar-refractivity contribution in [1.29, 1.82) is 0 Å². The highest BCUT2D eigenvalue weighted by Gasteiger charge is 2.06. The zero-order valence-electron chi connectivity index (χ0n) is 12.7. The van der Waals surface area contributed by atoms with Crippen LogP contribution in [0.3, 0.4) is 0 Å². The number of methoxy groups -OCH3 is 1. The van der Waals surface area contributed by atoms with Crippen LogP contribution in [0.4, 0.5) is 0 Å². The van der Waals surface area contributed by atoms with Gasteiger partial charge in [-0.05, 0) is 31.4 Å². The van der Waals surface area contributed by atoms with E-state index in [1.165, 1.54) is 12.0 Å². The third-order valence-electron chi connectivity index (χ3n) is 3.02. The number of hydrogen-bond acceptors (Lipinski definition) is 3. The minimum absolute atomic E-state index is 0.732. The van der Waals surface area contributed by atoms with Gasteiger partial charge in [-0.2, -0.15) is 0 Å².